The predicted molar refractivity (Wildman–Crippen MR) is 71.9 cm³/mol. The maximum Gasteiger partial charge on any atom is 0.248 e. The molecule has 1 aromatic rings. The standard InChI is InChI=1S/C12H17N3O.ClH/c1-14-5-7-15(8-6-14)11-4-2-3-10(9-11)12(13)16;/h2-4,9H,5-8H2,1H3,(H2,13,16);1H. The quantitative estimate of drug-likeness (QED) is 0.857. The molecule has 0 aromatic heterocycles. The van der Waals surface area contributed by atoms with Crippen LogP contribution in [0.25, 0.3) is 0 Å². The highest BCUT2D eigenvalue weighted by molar-refractivity contribution is 5.93. The average molecular weight is 256 g/mol. The number of halogens is 1. The zero-order valence-electron chi connectivity index (χ0n) is 9.93. The van der Waals surface area contributed by atoms with Gasteiger partial charge >= 0.3 is 0 Å². The minimum absolute atomic E-state index is 0. The Morgan fingerprint density at radius 2 is 1.88 bits per heavy atom. The number of amides is 1. The molecule has 1 fully saturated rings. The minimum Gasteiger partial charge on any atom is -0.369 e. The number of anilines is 1. The van der Waals surface area contributed by atoms with Gasteiger partial charge in [0.25, 0.3) is 0 Å². The van der Waals surface area contributed by atoms with Crippen molar-refractivity contribution >= 4 is 24.0 Å². The fourth-order valence-corrected chi connectivity index (χ4v) is 1.92. The Kier molecular flexibility index (Phi) is 4.78. The molecule has 1 aliphatic heterocycles. The van der Waals surface area contributed by atoms with Gasteiger partial charge in [-0.2, -0.15) is 0 Å². The van der Waals surface area contributed by atoms with Gasteiger partial charge < -0.3 is 15.5 Å². The van der Waals surface area contributed by atoms with Crippen LogP contribution < -0.4 is 10.6 Å². The topological polar surface area (TPSA) is 49.6 Å². The van der Waals surface area contributed by atoms with Gasteiger partial charge in [0.2, 0.25) is 5.91 Å². The molecule has 1 saturated heterocycles. The second-order valence-electron chi connectivity index (χ2n) is 4.20. The molecule has 94 valence electrons. The van der Waals surface area contributed by atoms with Crippen molar-refractivity contribution in [1.82, 2.24) is 4.90 Å². The van der Waals surface area contributed by atoms with Crippen molar-refractivity contribution in [2.45, 2.75) is 0 Å². The maximum atomic E-state index is 11.1. The Hall–Kier alpha value is -1.26. The van der Waals surface area contributed by atoms with E-state index in [2.05, 4.69) is 16.8 Å². The summed E-state index contributed by atoms with van der Waals surface area (Å²) in [6, 6.07) is 7.53. The van der Waals surface area contributed by atoms with Gasteiger partial charge in [0.1, 0.15) is 0 Å². The van der Waals surface area contributed by atoms with Crippen molar-refractivity contribution in [3.63, 3.8) is 0 Å². The number of likely N-dealkylation sites (N-methyl/N-ethyl adjacent to an activating group) is 1. The summed E-state index contributed by atoms with van der Waals surface area (Å²) in [6.45, 7) is 4.11. The lowest BCUT2D eigenvalue weighted by molar-refractivity contribution is 0.100. The number of primary amides is 1. The second kappa shape index (κ2) is 5.89. The van der Waals surface area contributed by atoms with Gasteiger partial charge in [-0.25, -0.2) is 0 Å². The van der Waals surface area contributed by atoms with E-state index < -0.39 is 0 Å². The van der Waals surface area contributed by atoms with Crippen LogP contribution in [0.2, 0.25) is 0 Å². The molecule has 0 atom stereocenters. The van der Waals surface area contributed by atoms with Crippen molar-refractivity contribution in [1.29, 1.82) is 0 Å². The van der Waals surface area contributed by atoms with Crippen LogP contribution in [-0.2, 0) is 0 Å². The number of rotatable bonds is 2. The number of nitrogens with zero attached hydrogens (tertiary/aromatic N) is 2. The van der Waals surface area contributed by atoms with Crippen LogP contribution in [0.1, 0.15) is 10.4 Å². The number of hydrogen-bond acceptors (Lipinski definition) is 3. The molecule has 1 amide bonds. The largest absolute Gasteiger partial charge is 0.369 e. The maximum absolute atomic E-state index is 11.1. The summed E-state index contributed by atoms with van der Waals surface area (Å²) in [5, 5.41) is 0. The lowest BCUT2D eigenvalue weighted by Gasteiger charge is -2.34. The highest BCUT2D eigenvalue weighted by Crippen LogP contribution is 2.17. The monoisotopic (exact) mass is 255 g/mol. The first kappa shape index (κ1) is 13.8. The molecule has 17 heavy (non-hydrogen) atoms. The summed E-state index contributed by atoms with van der Waals surface area (Å²) in [6.07, 6.45) is 0. The Morgan fingerprint density at radius 3 is 2.47 bits per heavy atom. The summed E-state index contributed by atoms with van der Waals surface area (Å²) < 4.78 is 0. The van der Waals surface area contributed by atoms with E-state index in [-0.39, 0.29) is 18.3 Å². The van der Waals surface area contributed by atoms with Crippen molar-refractivity contribution in [3.8, 4) is 0 Å². The van der Waals surface area contributed by atoms with E-state index >= 15 is 0 Å². The van der Waals surface area contributed by atoms with Crippen LogP contribution >= 0.6 is 12.4 Å². The number of carbonyl (C=O) groups is 1. The second-order valence-corrected chi connectivity index (χ2v) is 4.20. The van der Waals surface area contributed by atoms with E-state index in [0.29, 0.717) is 5.56 Å². The van der Waals surface area contributed by atoms with E-state index in [4.69, 9.17) is 5.73 Å². The number of carbonyl (C=O) groups excluding carboxylic acids is 1. The van der Waals surface area contributed by atoms with E-state index in [1.807, 2.05) is 18.2 Å². The normalized spacial score (nSPS) is 16.4. The number of piperazine rings is 1. The van der Waals surface area contributed by atoms with Crippen molar-refractivity contribution in [2.24, 2.45) is 5.73 Å². The Morgan fingerprint density at radius 1 is 1.24 bits per heavy atom. The lowest BCUT2D eigenvalue weighted by Crippen LogP contribution is -2.44. The predicted octanol–water partition coefficient (Wildman–Crippen LogP) is 0.959. The van der Waals surface area contributed by atoms with Gasteiger partial charge in [0.15, 0.2) is 0 Å². The van der Waals surface area contributed by atoms with Crippen LogP contribution in [0.15, 0.2) is 24.3 Å². The first-order valence-electron chi connectivity index (χ1n) is 5.50. The Bertz CT molecular complexity index is 389. The van der Waals surface area contributed by atoms with Gasteiger partial charge in [-0.15, -0.1) is 12.4 Å². The van der Waals surface area contributed by atoms with Crippen LogP contribution in [0.4, 0.5) is 5.69 Å². The summed E-state index contributed by atoms with van der Waals surface area (Å²) in [7, 11) is 2.12. The van der Waals surface area contributed by atoms with Crippen LogP contribution in [0.3, 0.4) is 0 Å². The molecule has 0 aliphatic carbocycles. The summed E-state index contributed by atoms with van der Waals surface area (Å²) >= 11 is 0. The smallest absolute Gasteiger partial charge is 0.248 e. The SMILES string of the molecule is CN1CCN(c2cccc(C(N)=O)c2)CC1.Cl. The molecule has 0 radical (unpaired) electrons. The summed E-state index contributed by atoms with van der Waals surface area (Å²) in [5.41, 5.74) is 6.94. The van der Waals surface area contributed by atoms with E-state index in [1.54, 1.807) is 6.07 Å². The van der Waals surface area contributed by atoms with Gasteiger partial charge in [-0.05, 0) is 25.2 Å². The molecule has 0 bridgehead atoms. The molecule has 4 nitrogen and oxygen atoms in total. The number of benzene rings is 1. The highest BCUT2D eigenvalue weighted by Gasteiger charge is 2.14. The van der Waals surface area contributed by atoms with Gasteiger partial charge in [0.05, 0.1) is 0 Å². The van der Waals surface area contributed by atoms with Gasteiger partial charge in [0, 0.05) is 37.4 Å². The third-order valence-electron chi connectivity index (χ3n) is 3.00. The van der Waals surface area contributed by atoms with Crippen molar-refractivity contribution in [3.05, 3.63) is 29.8 Å². The summed E-state index contributed by atoms with van der Waals surface area (Å²) in [4.78, 5) is 15.7. The Labute approximate surface area is 108 Å². The van der Waals surface area contributed by atoms with Crippen LogP contribution in [-0.4, -0.2) is 44.0 Å². The molecule has 1 aliphatic rings. The molecule has 0 spiro atoms. The number of hydrogen-bond donors (Lipinski definition) is 1. The van der Waals surface area contributed by atoms with Crippen molar-refractivity contribution < 1.29 is 4.79 Å². The first-order chi connectivity index (χ1) is 7.66. The van der Waals surface area contributed by atoms with E-state index in [0.717, 1.165) is 31.9 Å². The molecule has 1 heterocycles. The third-order valence-corrected chi connectivity index (χ3v) is 3.00. The van der Waals surface area contributed by atoms with Crippen LogP contribution in [0.5, 0.6) is 0 Å². The molecular formula is C12H18ClN3O. The average Bonchev–Trinajstić information content (AvgIpc) is 2.30. The zero-order valence-corrected chi connectivity index (χ0v) is 10.7. The molecule has 1 aromatic carbocycles. The molecular weight excluding hydrogens is 238 g/mol. The number of nitrogens with two attached hydrogens (primary N) is 1. The molecule has 0 saturated carbocycles. The van der Waals surface area contributed by atoms with E-state index in [9.17, 15) is 4.79 Å². The van der Waals surface area contributed by atoms with Crippen LogP contribution in [0, 0.1) is 0 Å². The van der Waals surface area contributed by atoms with Crippen molar-refractivity contribution in [2.75, 3.05) is 38.1 Å². The van der Waals surface area contributed by atoms with E-state index in [1.165, 1.54) is 0 Å². The minimum atomic E-state index is -0.365. The lowest BCUT2D eigenvalue weighted by atomic mass is 10.1. The fraction of sp³-hybridized carbons (Fsp3) is 0.417. The first-order valence-corrected chi connectivity index (χ1v) is 5.50. The molecule has 0 unspecified atom stereocenters. The molecule has 5 heteroatoms. The Balaban J connectivity index is 0.00000144. The van der Waals surface area contributed by atoms with Gasteiger partial charge in [-0.1, -0.05) is 6.07 Å². The fourth-order valence-electron chi connectivity index (χ4n) is 1.92. The third kappa shape index (κ3) is 3.35. The molecule has 2 rings (SSSR count). The zero-order chi connectivity index (χ0) is 11.5. The molecule has 2 N–H and O–H groups in total. The van der Waals surface area contributed by atoms with Gasteiger partial charge in [-0.3, -0.25) is 4.79 Å². The summed E-state index contributed by atoms with van der Waals surface area (Å²) in [5.74, 6) is -0.365. The highest BCUT2D eigenvalue weighted by atomic mass is 35.5.